The minimum Gasteiger partial charge on any atom is -0.311 e. The molecular formula is C16H34N2. The summed E-state index contributed by atoms with van der Waals surface area (Å²) in [7, 11) is 0. The second-order valence-electron chi connectivity index (χ2n) is 6.41. The van der Waals surface area contributed by atoms with Gasteiger partial charge in [-0.05, 0) is 64.1 Å². The molecule has 0 saturated heterocycles. The van der Waals surface area contributed by atoms with E-state index in [4.69, 9.17) is 0 Å². The molecule has 1 fully saturated rings. The van der Waals surface area contributed by atoms with Crippen molar-refractivity contribution in [3.8, 4) is 0 Å². The maximum absolute atomic E-state index is 3.79. The molecule has 1 aliphatic carbocycles. The van der Waals surface area contributed by atoms with Crippen molar-refractivity contribution in [2.75, 3.05) is 19.6 Å². The summed E-state index contributed by atoms with van der Waals surface area (Å²) in [5.41, 5.74) is 0. The van der Waals surface area contributed by atoms with Crippen LogP contribution in [0.4, 0.5) is 0 Å². The minimum absolute atomic E-state index is 0.693. The van der Waals surface area contributed by atoms with Gasteiger partial charge in [0, 0.05) is 12.1 Å². The third kappa shape index (κ3) is 5.27. The van der Waals surface area contributed by atoms with Crippen LogP contribution in [-0.2, 0) is 0 Å². The molecule has 0 radical (unpaired) electrons. The van der Waals surface area contributed by atoms with E-state index in [1.54, 1.807) is 0 Å². The lowest BCUT2D eigenvalue weighted by Gasteiger charge is -2.40. The Bertz CT molecular complexity index is 205. The molecule has 1 rings (SSSR count). The lowest BCUT2D eigenvalue weighted by molar-refractivity contribution is 0.156. The van der Waals surface area contributed by atoms with Crippen LogP contribution in [0.25, 0.3) is 0 Å². The summed E-state index contributed by atoms with van der Waals surface area (Å²) in [5, 5.41) is 3.79. The summed E-state index contributed by atoms with van der Waals surface area (Å²) >= 11 is 0. The van der Waals surface area contributed by atoms with Crippen LogP contribution in [0.2, 0.25) is 0 Å². The first-order valence-electron chi connectivity index (χ1n) is 8.05. The van der Waals surface area contributed by atoms with Gasteiger partial charge in [0.2, 0.25) is 0 Å². The lowest BCUT2D eigenvalue weighted by atomic mass is 9.73. The highest BCUT2D eigenvalue weighted by atomic mass is 15.1. The van der Waals surface area contributed by atoms with E-state index in [2.05, 4.69) is 44.8 Å². The molecule has 0 aromatic carbocycles. The van der Waals surface area contributed by atoms with E-state index in [0.29, 0.717) is 6.04 Å². The fraction of sp³-hybridized carbons (Fsp3) is 1.00. The van der Waals surface area contributed by atoms with Crippen LogP contribution < -0.4 is 5.32 Å². The molecular weight excluding hydrogens is 220 g/mol. The Morgan fingerprint density at radius 3 is 2.22 bits per heavy atom. The molecule has 0 aromatic heterocycles. The van der Waals surface area contributed by atoms with Crippen molar-refractivity contribution in [1.29, 1.82) is 0 Å². The number of hydrogen-bond donors (Lipinski definition) is 1. The first-order chi connectivity index (χ1) is 8.56. The van der Waals surface area contributed by atoms with E-state index < -0.39 is 0 Å². The molecule has 2 heteroatoms. The molecule has 0 heterocycles. The summed E-state index contributed by atoms with van der Waals surface area (Å²) in [6.45, 7) is 15.2. The quantitative estimate of drug-likeness (QED) is 0.677. The summed E-state index contributed by atoms with van der Waals surface area (Å²) in [4.78, 5) is 2.52. The van der Waals surface area contributed by atoms with E-state index in [9.17, 15) is 0 Å². The molecule has 0 bridgehead atoms. The van der Waals surface area contributed by atoms with Gasteiger partial charge in [-0.3, -0.25) is 0 Å². The van der Waals surface area contributed by atoms with Crippen molar-refractivity contribution >= 4 is 0 Å². The Kier molecular flexibility index (Phi) is 7.25. The Hall–Kier alpha value is -0.0800. The zero-order valence-corrected chi connectivity index (χ0v) is 13.2. The van der Waals surface area contributed by atoms with Gasteiger partial charge < -0.3 is 10.2 Å². The van der Waals surface area contributed by atoms with Crippen molar-refractivity contribution in [1.82, 2.24) is 10.2 Å². The van der Waals surface area contributed by atoms with Gasteiger partial charge in [-0.2, -0.15) is 0 Å². The second-order valence-corrected chi connectivity index (χ2v) is 6.41. The topological polar surface area (TPSA) is 15.3 Å². The molecule has 108 valence electrons. The summed E-state index contributed by atoms with van der Waals surface area (Å²) < 4.78 is 0. The Morgan fingerprint density at radius 1 is 1.11 bits per heavy atom. The highest BCUT2D eigenvalue weighted by Gasteiger charge is 2.31. The standard InChI is InChI=1S/C16H34N2/c1-6-18(7-2)10-8-9-14(5)17-16-11-15(12-16)13(3)4/h13-17H,6-12H2,1-5H3. The van der Waals surface area contributed by atoms with Gasteiger partial charge in [0.25, 0.3) is 0 Å². The SMILES string of the molecule is CCN(CC)CCCC(C)NC1CC(C(C)C)C1. The van der Waals surface area contributed by atoms with Gasteiger partial charge in [-0.15, -0.1) is 0 Å². The number of nitrogens with zero attached hydrogens (tertiary/aromatic N) is 1. The Morgan fingerprint density at radius 2 is 1.72 bits per heavy atom. The summed E-state index contributed by atoms with van der Waals surface area (Å²) in [5.74, 6) is 1.85. The maximum Gasteiger partial charge on any atom is 0.00750 e. The Balaban J connectivity index is 2.03. The fourth-order valence-corrected chi connectivity index (χ4v) is 2.99. The summed E-state index contributed by atoms with van der Waals surface area (Å²) in [6, 6.07) is 1.50. The number of nitrogens with one attached hydrogen (secondary N) is 1. The molecule has 1 saturated carbocycles. The van der Waals surface area contributed by atoms with E-state index in [1.807, 2.05) is 0 Å². The van der Waals surface area contributed by atoms with Gasteiger partial charge in [0.15, 0.2) is 0 Å². The van der Waals surface area contributed by atoms with Gasteiger partial charge in [0.05, 0.1) is 0 Å². The van der Waals surface area contributed by atoms with Crippen LogP contribution >= 0.6 is 0 Å². The molecule has 0 aliphatic heterocycles. The van der Waals surface area contributed by atoms with Crippen LogP contribution in [-0.4, -0.2) is 36.6 Å². The van der Waals surface area contributed by atoms with Crippen LogP contribution in [0.15, 0.2) is 0 Å². The van der Waals surface area contributed by atoms with E-state index in [0.717, 1.165) is 17.9 Å². The predicted octanol–water partition coefficient (Wildman–Crippen LogP) is 3.52. The second kappa shape index (κ2) is 8.16. The molecule has 0 aromatic rings. The van der Waals surface area contributed by atoms with Gasteiger partial charge in [-0.25, -0.2) is 0 Å². The smallest absolute Gasteiger partial charge is 0.00750 e. The highest BCUT2D eigenvalue weighted by Crippen LogP contribution is 2.33. The molecule has 0 spiro atoms. The lowest BCUT2D eigenvalue weighted by Crippen LogP contribution is -2.46. The van der Waals surface area contributed by atoms with Gasteiger partial charge >= 0.3 is 0 Å². The molecule has 1 aliphatic rings. The average Bonchev–Trinajstić information content (AvgIpc) is 2.28. The van der Waals surface area contributed by atoms with Crippen molar-refractivity contribution < 1.29 is 0 Å². The van der Waals surface area contributed by atoms with Crippen LogP contribution in [0.3, 0.4) is 0 Å². The highest BCUT2D eigenvalue weighted by molar-refractivity contribution is 4.87. The average molecular weight is 254 g/mol. The normalized spacial score (nSPS) is 25.5. The number of hydrogen-bond acceptors (Lipinski definition) is 2. The molecule has 1 atom stereocenters. The van der Waals surface area contributed by atoms with Crippen molar-refractivity contribution in [3.05, 3.63) is 0 Å². The first-order valence-corrected chi connectivity index (χ1v) is 8.05. The maximum atomic E-state index is 3.79. The van der Waals surface area contributed by atoms with Gasteiger partial charge in [-0.1, -0.05) is 27.7 Å². The van der Waals surface area contributed by atoms with E-state index >= 15 is 0 Å². The molecule has 0 amide bonds. The molecule has 2 nitrogen and oxygen atoms in total. The Labute approximate surface area is 115 Å². The number of rotatable bonds is 9. The fourth-order valence-electron chi connectivity index (χ4n) is 2.99. The zero-order chi connectivity index (χ0) is 13.5. The molecule has 1 N–H and O–H groups in total. The predicted molar refractivity (Wildman–Crippen MR) is 81.0 cm³/mol. The largest absolute Gasteiger partial charge is 0.311 e. The summed E-state index contributed by atoms with van der Waals surface area (Å²) in [6.07, 6.45) is 5.45. The van der Waals surface area contributed by atoms with E-state index in [1.165, 1.54) is 45.3 Å². The van der Waals surface area contributed by atoms with Crippen molar-refractivity contribution in [3.63, 3.8) is 0 Å². The third-order valence-electron chi connectivity index (χ3n) is 4.64. The van der Waals surface area contributed by atoms with Gasteiger partial charge in [0.1, 0.15) is 0 Å². The van der Waals surface area contributed by atoms with Crippen LogP contribution in [0.1, 0.15) is 60.3 Å². The van der Waals surface area contributed by atoms with Crippen molar-refractivity contribution in [2.24, 2.45) is 11.8 Å². The molecule has 18 heavy (non-hydrogen) atoms. The molecule has 1 unspecified atom stereocenters. The first kappa shape index (κ1) is 16.0. The third-order valence-corrected chi connectivity index (χ3v) is 4.64. The monoisotopic (exact) mass is 254 g/mol. The zero-order valence-electron chi connectivity index (χ0n) is 13.2. The van der Waals surface area contributed by atoms with Crippen molar-refractivity contribution in [2.45, 2.75) is 72.4 Å². The van der Waals surface area contributed by atoms with Crippen LogP contribution in [0, 0.1) is 11.8 Å². The van der Waals surface area contributed by atoms with E-state index in [-0.39, 0.29) is 0 Å². The minimum atomic E-state index is 0.693. The van der Waals surface area contributed by atoms with Crippen LogP contribution in [0.5, 0.6) is 0 Å².